The number of carbonyl (C=O) groups is 2. The molecule has 23 heteroatoms. The van der Waals surface area contributed by atoms with Crippen molar-refractivity contribution in [2.75, 3.05) is 70.3 Å². The molecule has 0 bridgehead atoms. The van der Waals surface area contributed by atoms with Crippen molar-refractivity contribution in [1.29, 1.82) is 0 Å². The zero-order chi connectivity index (χ0) is 42.3. The third kappa shape index (κ3) is 13.8. The maximum atomic E-state index is 12.6. The summed E-state index contributed by atoms with van der Waals surface area (Å²) in [6.45, 7) is 3.90. The summed E-state index contributed by atoms with van der Waals surface area (Å²) in [5.41, 5.74) is 2.99. The highest BCUT2D eigenvalue weighted by Crippen LogP contribution is 2.37. The number of rotatable bonds is 7. The Kier molecular flexibility index (Phi) is 15.4. The summed E-state index contributed by atoms with van der Waals surface area (Å²) in [5, 5.41) is 1.15. The van der Waals surface area contributed by atoms with E-state index in [1.54, 1.807) is 24.3 Å². The lowest BCUT2D eigenvalue weighted by molar-refractivity contribution is -0.309. The van der Waals surface area contributed by atoms with Gasteiger partial charge in [0.05, 0.1) is 0 Å². The third-order valence-electron chi connectivity index (χ3n) is 9.09. The number of carbonyl (C=O) groups excluding carboxylic acids is 2. The maximum absolute atomic E-state index is 12.6. The number of benzene rings is 2. The Morgan fingerprint density at radius 1 is 0.544 bits per heavy atom. The second-order valence-electron chi connectivity index (χ2n) is 13.3. The molecule has 3 aliphatic rings. The number of nitrogens with zero attached hydrogens (tertiary/aromatic N) is 5. The fourth-order valence-corrected chi connectivity index (χ4v) is 6.52. The van der Waals surface area contributed by atoms with Gasteiger partial charge >= 0.3 is 36.9 Å². The normalized spacial score (nSPS) is 17.9. The predicted molar refractivity (Wildman–Crippen MR) is 183 cm³/mol. The molecule has 3 aliphatic heterocycles. The van der Waals surface area contributed by atoms with Crippen LogP contribution in [0, 0.1) is 0 Å². The van der Waals surface area contributed by atoms with Crippen LogP contribution in [0.4, 0.5) is 68.0 Å². The van der Waals surface area contributed by atoms with E-state index in [0.29, 0.717) is 36.2 Å². The monoisotopic (exact) mass is 877 g/mol. The van der Waals surface area contributed by atoms with E-state index in [0.717, 1.165) is 52.5 Å². The number of hydrogen-bond acceptors (Lipinski definition) is 7. The van der Waals surface area contributed by atoms with Crippen LogP contribution in [0.15, 0.2) is 42.5 Å². The van der Waals surface area contributed by atoms with E-state index in [4.69, 9.17) is 23.2 Å². The van der Waals surface area contributed by atoms with Crippen molar-refractivity contribution < 1.29 is 71.7 Å². The first kappa shape index (κ1) is 46.1. The highest BCUT2D eigenvalue weighted by atomic mass is 35.5. The van der Waals surface area contributed by atoms with Gasteiger partial charge in [-0.15, -0.1) is 0 Å². The van der Waals surface area contributed by atoms with Crippen LogP contribution in [-0.2, 0) is 22.6 Å². The smallest absolute Gasteiger partial charge is 0.426 e. The molecule has 57 heavy (non-hydrogen) atoms. The van der Waals surface area contributed by atoms with Gasteiger partial charge in [-0.2, -0.15) is 52.7 Å². The molecule has 3 heterocycles. The van der Waals surface area contributed by atoms with Crippen molar-refractivity contribution in [2.45, 2.75) is 62.8 Å². The van der Waals surface area contributed by atoms with Crippen molar-refractivity contribution in [2.24, 2.45) is 0 Å². The second kappa shape index (κ2) is 19.0. The Morgan fingerprint density at radius 2 is 0.930 bits per heavy atom. The van der Waals surface area contributed by atoms with Crippen molar-refractivity contribution >= 4 is 41.1 Å². The Morgan fingerprint density at radius 3 is 1.33 bits per heavy atom. The first-order valence-electron chi connectivity index (χ1n) is 17.3. The average Bonchev–Trinajstić information content (AvgIpc) is 3.64. The molecule has 0 saturated carbocycles. The molecule has 3 fully saturated rings. The molecule has 0 atom stereocenters. The molecule has 9 nitrogen and oxygen atoms in total. The minimum atomic E-state index is -5.73. The van der Waals surface area contributed by atoms with E-state index in [2.05, 4.69) is 14.4 Å². The molecular formula is C34H37Cl2F12N5O4. The molecule has 0 aliphatic carbocycles. The molecule has 0 N–H and O–H groups in total. The van der Waals surface area contributed by atoms with Crippen LogP contribution in [0.3, 0.4) is 0 Å². The van der Waals surface area contributed by atoms with E-state index in [1.807, 2.05) is 28.0 Å². The molecule has 0 aromatic heterocycles. The Balaban J connectivity index is 0.000000257. The first-order valence-corrected chi connectivity index (χ1v) is 18.1. The molecule has 2 aromatic rings. The summed E-state index contributed by atoms with van der Waals surface area (Å²) in [6, 6.07) is 12.6. The van der Waals surface area contributed by atoms with Gasteiger partial charge in [0.1, 0.15) is 0 Å². The summed E-state index contributed by atoms with van der Waals surface area (Å²) in [7, 11) is 0. The summed E-state index contributed by atoms with van der Waals surface area (Å²) in [6.07, 6.45) is -32.2. The fraction of sp³-hybridized carbons (Fsp3) is 0.588. The summed E-state index contributed by atoms with van der Waals surface area (Å²) in [4.78, 5) is 31.4. The molecule has 0 unspecified atom stereocenters. The van der Waals surface area contributed by atoms with Crippen LogP contribution in [0.1, 0.15) is 24.0 Å². The molecule has 2 amide bonds. The lowest BCUT2D eigenvalue weighted by Gasteiger charge is -2.36. The minimum absolute atomic E-state index is 0.0329. The van der Waals surface area contributed by atoms with E-state index in [9.17, 15) is 62.3 Å². The SMILES string of the molecule is O=C(OC(C(F)(F)F)C(F)(F)F)N1CCN(Cc2cc(Cl)ccc2N2CCCC2)CC1.O=C(OC(C(F)(F)F)C(F)(F)F)N1CCN(Cc2ccc(Cl)cc2)CC1. The number of anilines is 1. The summed E-state index contributed by atoms with van der Waals surface area (Å²) in [5.74, 6) is 0. The molecule has 0 radical (unpaired) electrons. The standard InChI is InChI=1S/C19H22ClF6N3O2.C15H15ClF6N2O2/c20-14-3-4-15(28-5-1-2-6-28)13(11-14)12-27-7-9-29(10-8-27)17(30)31-16(18(21,22)23)19(24,25)26;16-11-3-1-10(2-4-11)9-23-5-7-24(8-6-23)13(25)26-12(14(17,18)19)15(20,21)22/h3-4,11,16H,1-2,5-10,12H2;1-4,12H,5-9H2. The van der Waals surface area contributed by atoms with Gasteiger partial charge in [0.25, 0.3) is 12.2 Å². The predicted octanol–water partition coefficient (Wildman–Crippen LogP) is 8.78. The Hall–Kier alpha value is -3.56. The summed E-state index contributed by atoms with van der Waals surface area (Å²) >= 11 is 11.9. The van der Waals surface area contributed by atoms with Gasteiger partial charge in [-0.05, 0) is 54.3 Å². The Labute approximate surface area is 328 Å². The van der Waals surface area contributed by atoms with Crippen LogP contribution < -0.4 is 4.90 Å². The van der Waals surface area contributed by atoms with Gasteiger partial charge in [-0.1, -0.05) is 35.3 Å². The van der Waals surface area contributed by atoms with Crippen molar-refractivity contribution in [3.63, 3.8) is 0 Å². The average molecular weight is 879 g/mol. The van der Waals surface area contributed by atoms with E-state index in [-0.39, 0.29) is 39.3 Å². The van der Waals surface area contributed by atoms with Gasteiger partial charge in [-0.3, -0.25) is 9.80 Å². The largest absolute Gasteiger partial charge is 0.434 e. The van der Waals surface area contributed by atoms with Gasteiger partial charge < -0.3 is 24.2 Å². The lowest BCUT2D eigenvalue weighted by atomic mass is 10.1. The van der Waals surface area contributed by atoms with Crippen LogP contribution in [0.25, 0.3) is 0 Å². The highest BCUT2D eigenvalue weighted by Gasteiger charge is 2.61. The number of piperazine rings is 2. The Bertz CT molecular complexity index is 1600. The van der Waals surface area contributed by atoms with Gasteiger partial charge in [-0.25, -0.2) is 9.59 Å². The third-order valence-corrected chi connectivity index (χ3v) is 9.58. The first-order chi connectivity index (χ1) is 26.4. The zero-order valence-corrected chi connectivity index (χ0v) is 31.3. The van der Waals surface area contributed by atoms with Gasteiger partial charge in [0.2, 0.25) is 0 Å². The van der Waals surface area contributed by atoms with Gasteiger partial charge in [0.15, 0.2) is 0 Å². The number of ether oxygens (including phenoxy) is 2. The van der Waals surface area contributed by atoms with E-state index in [1.165, 1.54) is 0 Å². The maximum Gasteiger partial charge on any atom is 0.434 e. The minimum Gasteiger partial charge on any atom is -0.426 e. The number of hydrogen-bond donors (Lipinski definition) is 0. The van der Waals surface area contributed by atoms with Gasteiger partial charge in [0, 0.05) is 94.3 Å². The van der Waals surface area contributed by atoms with Crippen LogP contribution in [-0.4, -0.2) is 134 Å². The molecule has 2 aromatic carbocycles. The van der Waals surface area contributed by atoms with Crippen molar-refractivity contribution in [1.82, 2.24) is 19.6 Å². The van der Waals surface area contributed by atoms with Crippen molar-refractivity contribution in [3.05, 3.63) is 63.6 Å². The molecule has 0 spiro atoms. The van der Waals surface area contributed by atoms with E-state index >= 15 is 0 Å². The molecule has 3 saturated heterocycles. The summed E-state index contributed by atoms with van der Waals surface area (Å²) < 4.78 is 158. The quantitative estimate of drug-likeness (QED) is 0.258. The van der Waals surface area contributed by atoms with E-state index < -0.39 is 49.1 Å². The van der Waals surface area contributed by atoms with Crippen LogP contribution in [0.2, 0.25) is 10.0 Å². The fourth-order valence-electron chi connectivity index (χ4n) is 6.20. The molecule has 5 rings (SSSR count). The van der Waals surface area contributed by atoms with Crippen LogP contribution >= 0.6 is 23.2 Å². The topological polar surface area (TPSA) is 68.8 Å². The second-order valence-corrected chi connectivity index (χ2v) is 14.2. The van der Waals surface area contributed by atoms with Crippen molar-refractivity contribution in [3.8, 4) is 0 Å². The molecular weight excluding hydrogens is 841 g/mol. The lowest BCUT2D eigenvalue weighted by Crippen LogP contribution is -2.52. The highest BCUT2D eigenvalue weighted by molar-refractivity contribution is 6.31. The number of alkyl halides is 12. The zero-order valence-electron chi connectivity index (χ0n) is 29.8. The van der Waals surface area contributed by atoms with Crippen LogP contribution in [0.5, 0.6) is 0 Å². The molecule has 320 valence electrons. The number of amides is 2. The number of halogens is 14.